The third-order valence-electron chi connectivity index (χ3n) is 1.36. The van der Waals surface area contributed by atoms with Crippen molar-refractivity contribution in [2.45, 2.75) is 0 Å². The van der Waals surface area contributed by atoms with E-state index in [1.807, 2.05) is 0 Å². The van der Waals surface area contributed by atoms with Crippen molar-refractivity contribution in [1.82, 2.24) is 0 Å². The number of rotatable bonds is 2. The molecule has 0 heterocycles. The summed E-state index contributed by atoms with van der Waals surface area (Å²) < 4.78 is 0. The van der Waals surface area contributed by atoms with Crippen LogP contribution < -0.4 is 0 Å². The van der Waals surface area contributed by atoms with Gasteiger partial charge in [0, 0.05) is 0 Å². The van der Waals surface area contributed by atoms with Crippen LogP contribution in [-0.4, -0.2) is 49.5 Å². The van der Waals surface area contributed by atoms with Crippen LogP contribution in [0.1, 0.15) is 20.7 Å². The molecular formula is C8H8O4Pb. The summed E-state index contributed by atoms with van der Waals surface area (Å²) in [7, 11) is 0. The Morgan fingerprint density at radius 2 is 1.38 bits per heavy atom. The number of aromatic carboxylic acids is 2. The third kappa shape index (κ3) is 3.13. The summed E-state index contributed by atoms with van der Waals surface area (Å²) in [5, 5.41) is 17.0. The van der Waals surface area contributed by atoms with Gasteiger partial charge in [-0.3, -0.25) is 0 Å². The van der Waals surface area contributed by atoms with Crippen molar-refractivity contribution < 1.29 is 19.8 Å². The Balaban J connectivity index is 0.00000144. The monoisotopic (exact) mass is 376 g/mol. The predicted octanol–water partition coefficient (Wildman–Crippen LogP) is 0.167. The minimum absolute atomic E-state index is 0. The first-order valence-electron chi connectivity index (χ1n) is 3.18. The summed E-state index contributed by atoms with van der Waals surface area (Å²) in [6.07, 6.45) is 0. The van der Waals surface area contributed by atoms with Gasteiger partial charge in [-0.05, 0) is 18.2 Å². The Morgan fingerprint density at radius 1 is 1.00 bits per heavy atom. The van der Waals surface area contributed by atoms with Crippen LogP contribution in [0.15, 0.2) is 24.3 Å². The van der Waals surface area contributed by atoms with E-state index >= 15 is 0 Å². The molecule has 13 heavy (non-hydrogen) atoms. The first-order valence-corrected chi connectivity index (χ1v) is 3.18. The maximum absolute atomic E-state index is 10.4. The van der Waals surface area contributed by atoms with Gasteiger partial charge in [-0.2, -0.15) is 0 Å². The second-order valence-corrected chi connectivity index (χ2v) is 2.19. The molecule has 0 fully saturated rings. The van der Waals surface area contributed by atoms with Gasteiger partial charge in [0.2, 0.25) is 0 Å². The van der Waals surface area contributed by atoms with Crippen molar-refractivity contribution >= 4 is 39.2 Å². The summed E-state index contributed by atoms with van der Waals surface area (Å²) in [4.78, 5) is 20.8. The van der Waals surface area contributed by atoms with Crippen LogP contribution in [-0.2, 0) is 0 Å². The average molecular weight is 375 g/mol. The normalized spacial score (nSPS) is 8.62. The van der Waals surface area contributed by atoms with Gasteiger partial charge in [-0.1, -0.05) is 6.07 Å². The van der Waals surface area contributed by atoms with Gasteiger partial charge < -0.3 is 10.2 Å². The molecule has 4 nitrogen and oxygen atoms in total. The molecule has 0 amide bonds. The van der Waals surface area contributed by atoms with Crippen LogP contribution in [0.3, 0.4) is 0 Å². The molecule has 0 aliphatic carbocycles. The molecule has 1 rings (SSSR count). The molecule has 0 unspecified atom stereocenters. The average Bonchev–Trinajstić information content (AvgIpc) is 2.04. The number of hydrogen-bond donors (Lipinski definition) is 2. The topological polar surface area (TPSA) is 74.6 Å². The molecule has 68 valence electrons. The Morgan fingerprint density at radius 3 is 1.69 bits per heavy atom. The molecule has 0 aromatic heterocycles. The van der Waals surface area contributed by atoms with Crippen molar-refractivity contribution in [3.8, 4) is 0 Å². The van der Waals surface area contributed by atoms with Crippen molar-refractivity contribution in [2.75, 3.05) is 0 Å². The summed E-state index contributed by atoms with van der Waals surface area (Å²) in [5.74, 6) is -2.25. The van der Waals surface area contributed by atoms with E-state index in [9.17, 15) is 9.59 Å². The van der Waals surface area contributed by atoms with Crippen LogP contribution in [0, 0.1) is 0 Å². The summed E-state index contributed by atoms with van der Waals surface area (Å²) >= 11 is 0. The van der Waals surface area contributed by atoms with Gasteiger partial charge in [-0.25, -0.2) is 9.59 Å². The molecule has 0 aliphatic heterocycles. The molecule has 0 atom stereocenters. The van der Waals surface area contributed by atoms with Crippen molar-refractivity contribution in [1.29, 1.82) is 0 Å². The van der Waals surface area contributed by atoms with Crippen LogP contribution >= 0.6 is 0 Å². The zero-order valence-electron chi connectivity index (χ0n) is 6.73. The second kappa shape index (κ2) is 4.95. The Bertz CT molecular complexity index is 305. The van der Waals surface area contributed by atoms with Gasteiger partial charge >= 0.3 is 39.2 Å². The molecule has 0 bridgehead atoms. The van der Waals surface area contributed by atoms with Crippen molar-refractivity contribution in [3.63, 3.8) is 0 Å². The molecule has 2 radical (unpaired) electrons. The van der Waals surface area contributed by atoms with Gasteiger partial charge in [0.1, 0.15) is 0 Å². The second-order valence-electron chi connectivity index (χ2n) is 2.19. The molecule has 0 aliphatic rings. The van der Waals surface area contributed by atoms with Crippen LogP contribution in [0.4, 0.5) is 0 Å². The summed E-state index contributed by atoms with van der Waals surface area (Å²) in [6.45, 7) is 0. The van der Waals surface area contributed by atoms with E-state index in [4.69, 9.17) is 10.2 Å². The van der Waals surface area contributed by atoms with E-state index in [1.165, 1.54) is 18.2 Å². The van der Waals surface area contributed by atoms with E-state index < -0.39 is 11.9 Å². The zero-order chi connectivity index (χ0) is 9.14. The first-order chi connectivity index (χ1) is 5.61. The van der Waals surface area contributed by atoms with Gasteiger partial charge in [0.05, 0.1) is 11.1 Å². The fraction of sp³-hybridized carbons (Fsp3) is 0. The molecule has 2 N–H and O–H groups in total. The Kier molecular flexibility index (Phi) is 4.60. The van der Waals surface area contributed by atoms with E-state index in [-0.39, 0.29) is 38.4 Å². The van der Waals surface area contributed by atoms with E-state index in [0.29, 0.717) is 0 Å². The number of benzene rings is 1. The number of carboxylic acids is 2. The van der Waals surface area contributed by atoms with Gasteiger partial charge in [0.25, 0.3) is 0 Å². The number of carbonyl (C=O) groups is 2. The maximum atomic E-state index is 10.4. The summed E-state index contributed by atoms with van der Waals surface area (Å²) in [5.41, 5.74) is -0.0372. The zero-order valence-corrected chi connectivity index (χ0v) is 12.2. The summed E-state index contributed by atoms with van der Waals surface area (Å²) in [6, 6.07) is 5.20. The van der Waals surface area contributed by atoms with Crippen LogP contribution in [0.2, 0.25) is 0 Å². The fourth-order valence-corrected chi connectivity index (χ4v) is 0.785. The third-order valence-corrected chi connectivity index (χ3v) is 1.36. The van der Waals surface area contributed by atoms with E-state index in [0.717, 1.165) is 6.07 Å². The van der Waals surface area contributed by atoms with Gasteiger partial charge in [-0.15, -0.1) is 0 Å². The standard InChI is InChI=1S/C8H6O4.Pb.2H/c9-7(10)5-2-1-3-6(4-5)8(11)12;;;/h1-4H,(H,9,10)(H,11,12);;;. The van der Waals surface area contributed by atoms with Crippen LogP contribution in [0.5, 0.6) is 0 Å². The molecule has 5 heteroatoms. The molecule has 0 saturated carbocycles. The van der Waals surface area contributed by atoms with E-state index in [1.54, 1.807) is 0 Å². The molecular weight excluding hydrogens is 367 g/mol. The van der Waals surface area contributed by atoms with Crippen molar-refractivity contribution in [3.05, 3.63) is 35.4 Å². The number of carboxylic acid groups (broad SMARTS) is 2. The van der Waals surface area contributed by atoms with Gasteiger partial charge in [0.15, 0.2) is 0 Å². The predicted molar refractivity (Wildman–Crippen MR) is 48.9 cm³/mol. The Labute approximate surface area is 94.4 Å². The molecule has 0 spiro atoms. The SMILES string of the molecule is O=C(O)c1cccc(C(=O)O)c1.[PbH2]. The van der Waals surface area contributed by atoms with Crippen molar-refractivity contribution in [2.24, 2.45) is 0 Å². The van der Waals surface area contributed by atoms with E-state index in [2.05, 4.69) is 0 Å². The quantitative estimate of drug-likeness (QED) is 0.723. The molecule has 1 aromatic carbocycles. The molecule has 1 aromatic rings. The Hall–Kier alpha value is -0.918. The fourth-order valence-electron chi connectivity index (χ4n) is 0.785. The minimum atomic E-state index is -1.13. The first kappa shape index (κ1) is 12.1. The van der Waals surface area contributed by atoms with Crippen LogP contribution in [0.25, 0.3) is 0 Å². The molecule has 0 saturated heterocycles. The number of hydrogen-bond acceptors (Lipinski definition) is 2.